The Morgan fingerprint density at radius 1 is 1.15 bits per heavy atom. The number of thiazole rings is 1. The molecule has 0 fully saturated rings. The summed E-state index contributed by atoms with van der Waals surface area (Å²) >= 11 is 1.25. The Morgan fingerprint density at radius 3 is 2.42 bits per heavy atom. The Balaban J connectivity index is 2.03. The molecule has 1 heterocycles. The van der Waals surface area contributed by atoms with E-state index in [1.165, 1.54) is 39.9 Å². The maximum atomic E-state index is 13.2. The molecule has 26 heavy (non-hydrogen) atoms. The van der Waals surface area contributed by atoms with Gasteiger partial charge in [0.05, 0.1) is 11.4 Å². The molecule has 0 aliphatic heterocycles. The van der Waals surface area contributed by atoms with Crippen LogP contribution < -0.4 is 10.0 Å². The number of primary amides is 1. The number of hydrogen-bond acceptors (Lipinski definition) is 5. The van der Waals surface area contributed by atoms with Crippen LogP contribution in [0.5, 0.6) is 0 Å². The van der Waals surface area contributed by atoms with E-state index in [0.717, 1.165) is 11.1 Å². The third-order valence-corrected chi connectivity index (χ3v) is 6.59. The first kappa shape index (κ1) is 18.1. The summed E-state index contributed by atoms with van der Waals surface area (Å²) in [6.07, 6.45) is 1.57. The molecule has 0 aliphatic carbocycles. The molecule has 134 valence electrons. The molecule has 2 aromatic carbocycles. The van der Waals surface area contributed by atoms with E-state index in [0.29, 0.717) is 5.13 Å². The lowest BCUT2D eigenvalue weighted by Gasteiger charge is -2.22. The van der Waals surface area contributed by atoms with Crippen molar-refractivity contribution in [1.29, 1.82) is 0 Å². The third-order valence-electron chi connectivity index (χ3n) is 3.93. The molecule has 1 aromatic heterocycles. The average Bonchev–Trinajstić information content (AvgIpc) is 3.15. The molecule has 6 nitrogen and oxygen atoms in total. The Hall–Kier alpha value is -2.71. The molecule has 0 aliphatic rings. The number of nitrogens with zero attached hydrogens (tertiary/aromatic N) is 2. The predicted molar refractivity (Wildman–Crippen MR) is 102 cm³/mol. The van der Waals surface area contributed by atoms with E-state index in [1.807, 2.05) is 31.2 Å². The van der Waals surface area contributed by atoms with Crippen molar-refractivity contribution in [3.05, 3.63) is 76.8 Å². The summed E-state index contributed by atoms with van der Waals surface area (Å²) in [7, 11) is -3.85. The lowest BCUT2D eigenvalue weighted by atomic mass is 10.1. The Morgan fingerprint density at radius 2 is 1.85 bits per heavy atom. The van der Waals surface area contributed by atoms with Crippen molar-refractivity contribution in [3.8, 4) is 0 Å². The standard InChI is InChI=1S/C18H17N3O3S2/c1-13-4-2-3-5-15(13)12-21(18-20-10-11-25-18)26(23,24)16-8-6-14(7-9-16)17(19)22/h2-11H,12H2,1H3,(H2,19,22). The summed E-state index contributed by atoms with van der Waals surface area (Å²) < 4.78 is 27.7. The van der Waals surface area contributed by atoms with Crippen LogP contribution in [0.1, 0.15) is 21.5 Å². The van der Waals surface area contributed by atoms with E-state index in [2.05, 4.69) is 4.98 Å². The highest BCUT2D eigenvalue weighted by molar-refractivity contribution is 7.93. The number of aryl methyl sites for hydroxylation is 1. The fourth-order valence-electron chi connectivity index (χ4n) is 2.46. The van der Waals surface area contributed by atoms with Crippen LogP contribution in [0.4, 0.5) is 5.13 Å². The predicted octanol–water partition coefficient (Wildman–Crippen LogP) is 2.95. The summed E-state index contributed by atoms with van der Waals surface area (Å²) in [5.41, 5.74) is 7.36. The van der Waals surface area contributed by atoms with Gasteiger partial charge in [0.15, 0.2) is 5.13 Å². The first-order chi connectivity index (χ1) is 12.4. The summed E-state index contributed by atoms with van der Waals surface area (Å²) in [6, 6.07) is 13.2. The van der Waals surface area contributed by atoms with Gasteiger partial charge in [-0.3, -0.25) is 4.79 Å². The van der Waals surface area contributed by atoms with Gasteiger partial charge < -0.3 is 5.73 Å². The number of carbonyl (C=O) groups excluding carboxylic acids is 1. The minimum atomic E-state index is -3.85. The van der Waals surface area contributed by atoms with Gasteiger partial charge in [0.2, 0.25) is 5.91 Å². The van der Waals surface area contributed by atoms with Crippen molar-refractivity contribution >= 4 is 32.4 Å². The molecule has 0 saturated heterocycles. The zero-order valence-corrected chi connectivity index (χ0v) is 15.6. The van der Waals surface area contributed by atoms with E-state index >= 15 is 0 Å². The number of carbonyl (C=O) groups is 1. The number of nitrogens with two attached hydrogens (primary N) is 1. The quantitative estimate of drug-likeness (QED) is 0.704. The van der Waals surface area contributed by atoms with Crippen LogP contribution >= 0.6 is 11.3 Å². The molecule has 2 N–H and O–H groups in total. The first-order valence-electron chi connectivity index (χ1n) is 7.76. The number of aromatic nitrogens is 1. The summed E-state index contributed by atoms with van der Waals surface area (Å²) in [5.74, 6) is -0.606. The largest absolute Gasteiger partial charge is 0.366 e. The molecule has 3 aromatic rings. The second-order valence-electron chi connectivity index (χ2n) is 5.64. The lowest BCUT2D eigenvalue weighted by molar-refractivity contribution is 0.1000. The first-order valence-corrected chi connectivity index (χ1v) is 10.1. The minimum Gasteiger partial charge on any atom is -0.366 e. The number of rotatable bonds is 6. The van der Waals surface area contributed by atoms with Gasteiger partial charge in [0.1, 0.15) is 0 Å². The molecule has 3 rings (SSSR count). The molecular formula is C18H17N3O3S2. The monoisotopic (exact) mass is 387 g/mol. The lowest BCUT2D eigenvalue weighted by Crippen LogP contribution is -2.30. The number of sulfonamides is 1. The highest BCUT2D eigenvalue weighted by Crippen LogP contribution is 2.28. The van der Waals surface area contributed by atoms with Gasteiger partial charge in [-0.05, 0) is 42.3 Å². The molecule has 0 saturated carbocycles. The number of anilines is 1. The summed E-state index contributed by atoms with van der Waals surface area (Å²) in [5, 5.41) is 2.11. The molecule has 0 radical (unpaired) electrons. The molecule has 0 unspecified atom stereocenters. The smallest absolute Gasteiger partial charge is 0.266 e. The van der Waals surface area contributed by atoms with Crippen LogP contribution in [0.15, 0.2) is 65.0 Å². The van der Waals surface area contributed by atoms with Gasteiger partial charge in [0.25, 0.3) is 10.0 Å². The topological polar surface area (TPSA) is 93.4 Å². The zero-order valence-electron chi connectivity index (χ0n) is 14.0. The second kappa shape index (κ2) is 7.27. The van der Waals surface area contributed by atoms with Crippen molar-refractivity contribution < 1.29 is 13.2 Å². The highest BCUT2D eigenvalue weighted by atomic mass is 32.2. The average molecular weight is 387 g/mol. The number of amides is 1. The van der Waals surface area contributed by atoms with Crippen molar-refractivity contribution in [1.82, 2.24) is 4.98 Å². The molecule has 1 amide bonds. The Bertz CT molecular complexity index is 1010. The molecule has 0 atom stereocenters. The normalized spacial score (nSPS) is 11.3. The Labute approximate surface area is 156 Å². The zero-order chi connectivity index (χ0) is 18.7. The number of hydrogen-bond donors (Lipinski definition) is 1. The number of benzene rings is 2. The Kier molecular flexibility index (Phi) is 5.06. The fraction of sp³-hybridized carbons (Fsp3) is 0.111. The van der Waals surface area contributed by atoms with E-state index in [1.54, 1.807) is 11.6 Å². The minimum absolute atomic E-state index is 0.0753. The summed E-state index contributed by atoms with van der Waals surface area (Å²) in [6.45, 7) is 2.10. The third kappa shape index (κ3) is 3.61. The molecule has 0 spiro atoms. The van der Waals surface area contributed by atoms with Crippen molar-refractivity contribution in [2.75, 3.05) is 4.31 Å². The fourth-order valence-corrected chi connectivity index (χ4v) is 4.72. The molecular weight excluding hydrogens is 370 g/mol. The van der Waals surface area contributed by atoms with Gasteiger partial charge in [0, 0.05) is 17.1 Å². The van der Waals surface area contributed by atoms with Gasteiger partial charge in [-0.15, -0.1) is 11.3 Å². The SMILES string of the molecule is Cc1ccccc1CN(c1nccs1)S(=O)(=O)c1ccc(C(N)=O)cc1. The van der Waals surface area contributed by atoms with E-state index in [9.17, 15) is 13.2 Å². The molecule has 0 bridgehead atoms. The van der Waals surface area contributed by atoms with Gasteiger partial charge in [-0.2, -0.15) is 0 Å². The van der Waals surface area contributed by atoms with Gasteiger partial charge in [-0.25, -0.2) is 17.7 Å². The maximum Gasteiger partial charge on any atom is 0.266 e. The van der Waals surface area contributed by atoms with E-state index in [-0.39, 0.29) is 17.0 Å². The maximum absolute atomic E-state index is 13.2. The van der Waals surface area contributed by atoms with Crippen LogP contribution in [0, 0.1) is 6.92 Å². The van der Waals surface area contributed by atoms with Crippen LogP contribution in [-0.4, -0.2) is 19.3 Å². The van der Waals surface area contributed by atoms with Crippen LogP contribution in [0.25, 0.3) is 0 Å². The highest BCUT2D eigenvalue weighted by Gasteiger charge is 2.27. The van der Waals surface area contributed by atoms with Crippen molar-refractivity contribution in [2.45, 2.75) is 18.4 Å². The van der Waals surface area contributed by atoms with Crippen LogP contribution in [0.3, 0.4) is 0 Å². The molecule has 8 heteroatoms. The van der Waals surface area contributed by atoms with Crippen molar-refractivity contribution in [2.24, 2.45) is 5.73 Å². The second-order valence-corrected chi connectivity index (χ2v) is 8.38. The van der Waals surface area contributed by atoms with Gasteiger partial charge in [-0.1, -0.05) is 24.3 Å². The van der Waals surface area contributed by atoms with Crippen LogP contribution in [-0.2, 0) is 16.6 Å². The van der Waals surface area contributed by atoms with Crippen LogP contribution in [0.2, 0.25) is 0 Å². The van der Waals surface area contributed by atoms with E-state index in [4.69, 9.17) is 5.73 Å². The summed E-state index contributed by atoms with van der Waals surface area (Å²) in [4.78, 5) is 15.5. The van der Waals surface area contributed by atoms with Crippen molar-refractivity contribution in [3.63, 3.8) is 0 Å². The van der Waals surface area contributed by atoms with E-state index < -0.39 is 15.9 Å². The van der Waals surface area contributed by atoms with Gasteiger partial charge >= 0.3 is 0 Å².